The molecule has 0 radical (unpaired) electrons. The van der Waals surface area contributed by atoms with Crippen LogP contribution in [0.5, 0.6) is 5.75 Å². The number of amides is 1. The van der Waals surface area contributed by atoms with E-state index < -0.39 is 0 Å². The van der Waals surface area contributed by atoms with Crippen molar-refractivity contribution in [3.8, 4) is 5.75 Å². The van der Waals surface area contributed by atoms with Crippen LogP contribution in [-0.2, 0) is 4.79 Å². The van der Waals surface area contributed by atoms with Crippen molar-refractivity contribution >= 4 is 24.0 Å². The number of nitrogens with one attached hydrogen (secondary N) is 1. The zero-order valence-electron chi connectivity index (χ0n) is 11.2. The highest BCUT2D eigenvalue weighted by Gasteiger charge is 2.11. The summed E-state index contributed by atoms with van der Waals surface area (Å²) in [6.07, 6.45) is 0.315. The number of nitrogens with two attached hydrogens (primary N) is 1. The summed E-state index contributed by atoms with van der Waals surface area (Å²) in [5, 5.41) is 2.84. The summed E-state index contributed by atoms with van der Waals surface area (Å²) in [6, 6.07) is 3.67. The van der Waals surface area contributed by atoms with E-state index >= 15 is 0 Å². The minimum absolute atomic E-state index is 0. The first-order valence-corrected chi connectivity index (χ1v) is 5.65. The van der Waals surface area contributed by atoms with Gasteiger partial charge in [-0.1, -0.05) is 6.07 Å². The van der Waals surface area contributed by atoms with Crippen LogP contribution in [-0.4, -0.2) is 19.1 Å². The van der Waals surface area contributed by atoms with E-state index in [1.54, 1.807) is 7.11 Å². The van der Waals surface area contributed by atoms with E-state index in [-0.39, 0.29) is 24.4 Å². The molecule has 1 atom stereocenters. The average Bonchev–Trinajstić information content (AvgIpc) is 2.22. The monoisotopic (exact) mass is 272 g/mol. The first-order chi connectivity index (χ1) is 7.95. The number of halogens is 1. The summed E-state index contributed by atoms with van der Waals surface area (Å²) in [5.41, 5.74) is 8.34. The molecule has 0 heterocycles. The second-order valence-electron chi connectivity index (χ2n) is 4.32. The number of ether oxygens (including phenoxy) is 1. The molecule has 1 aromatic rings. The second kappa shape index (κ2) is 7.24. The van der Waals surface area contributed by atoms with Crippen LogP contribution in [0.1, 0.15) is 24.5 Å². The Hall–Kier alpha value is -1.26. The van der Waals surface area contributed by atoms with E-state index in [4.69, 9.17) is 10.5 Å². The molecule has 0 bridgehead atoms. The number of rotatable bonds is 4. The standard InChI is InChI=1S/C13H20N2O2.ClH/c1-8-5-6-11(10(3)13(8)17-4)15-12(16)7-9(2)14;/h5-6,9H,7,14H2,1-4H3,(H,15,16);1H. The Kier molecular flexibility index (Phi) is 6.73. The van der Waals surface area contributed by atoms with Gasteiger partial charge in [0.15, 0.2) is 0 Å². The van der Waals surface area contributed by atoms with Gasteiger partial charge in [0.1, 0.15) is 5.75 Å². The highest BCUT2D eigenvalue weighted by molar-refractivity contribution is 5.92. The van der Waals surface area contributed by atoms with Crippen LogP contribution >= 0.6 is 12.4 Å². The van der Waals surface area contributed by atoms with Crippen molar-refractivity contribution in [1.82, 2.24) is 0 Å². The Morgan fingerprint density at radius 3 is 2.56 bits per heavy atom. The fraction of sp³-hybridized carbons (Fsp3) is 0.462. The molecule has 3 N–H and O–H groups in total. The number of methoxy groups -OCH3 is 1. The molecule has 1 rings (SSSR count). The lowest BCUT2D eigenvalue weighted by atomic mass is 10.1. The molecule has 0 saturated heterocycles. The Balaban J connectivity index is 0.00000289. The van der Waals surface area contributed by atoms with Crippen LogP contribution < -0.4 is 15.8 Å². The number of aryl methyl sites for hydroxylation is 1. The molecule has 0 spiro atoms. The molecule has 0 aromatic heterocycles. The molecule has 102 valence electrons. The zero-order chi connectivity index (χ0) is 13.0. The van der Waals surface area contributed by atoms with Gasteiger partial charge in [-0.05, 0) is 32.4 Å². The molecule has 5 heteroatoms. The molecule has 0 aliphatic rings. The van der Waals surface area contributed by atoms with Crippen LogP contribution in [0.25, 0.3) is 0 Å². The molecule has 0 aliphatic carbocycles. The smallest absolute Gasteiger partial charge is 0.225 e. The minimum Gasteiger partial charge on any atom is -0.496 e. The molecule has 1 unspecified atom stereocenters. The van der Waals surface area contributed by atoms with Gasteiger partial charge in [0.05, 0.1) is 7.11 Å². The number of hydrogen-bond donors (Lipinski definition) is 2. The van der Waals surface area contributed by atoms with Gasteiger partial charge in [-0.3, -0.25) is 4.79 Å². The Labute approximate surface area is 114 Å². The topological polar surface area (TPSA) is 64.3 Å². The highest BCUT2D eigenvalue weighted by atomic mass is 35.5. The lowest BCUT2D eigenvalue weighted by molar-refractivity contribution is -0.116. The summed E-state index contributed by atoms with van der Waals surface area (Å²) in [5.74, 6) is 0.734. The van der Waals surface area contributed by atoms with Gasteiger partial charge in [-0.15, -0.1) is 12.4 Å². The Morgan fingerprint density at radius 1 is 1.44 bits per heavy atom. The van der Waals surface area contributed by atoms with Crippen LogP contribution in [0, 0.1) is 13.8 Å². The first-order valence-electron chi connectivity index (χ1n) is 5.65. The van der Waals surface area contributed by atoms with Crippen molar-refractivity contribution in [3.05, 3.63) is 23.3 Å². The lowest BCUT2D eigenvalue weighted by Crippen LogP contribution is -2.24. The molecule has 0 fully saturated rings. The minimum atomic E-state index is -0.136. The molecule has 4 nitrogen and oxygen atoms in total. The zero-order valence-corrected chi connectivity index (χ0v) is 12.1. The van der Waals surface area contributed by atoms with Crippen molar-refractivity contribution in [2.24, 2.45) is 5.73 Å². The molecule has 0 saturated carbocycles. The fourth-order valence-electron chi connectivity index (χ4n) is 1.77. The van der Waals surface area contributed by atoms with Gasteiger partial charge in [0.25, 0.3) is 0 Å². The van der Waals surface area contributed by atoms with Crippen molar-refractivity contribution < 1.29 is 9.53 Å². The van der Waals surface area contributed by atoms with Crippen molar-refractivity contribution in [3.63, 3.8) is 0 Å². The normalized spacial score (nSPS) is 11.4. The third-order valence-electron chi connectivity index (χ3n) is 2.59. The van der Waals surface area contributed by atoms with E-state index in [1.165, 1.54) is 0 Å². The summed E-state index contributed by atoms with van der Waals surface area (Å²) in [4.78, 5) is 11.6. The predicted molar refractivity (Wildman–Crippen MR) is 76.6 cm³/mol. The maximum Gasteiger partial charge on any atom is 0.225 e. The van der Waals surface area contributed by atoms with Gasteiger partial charge >= 0.3 is 0 Å². The van der Waals surface area contributed by atoms with Gasteiger partial charge in [-0.2, -0.15) is 0 Å². The average molecular weight is 273 g/mol. The summed E-state index contributed by atoms with van der Waals surface area (Å²) >= 11 is 0. The van der Waals surface area contributed by atoms with E-state index in [1.807, 2.05) is 32.9 Å². The SMILES string of the molecule is COc1c(C)ccc(NC(=O)CC(C)N)c1C.Cl. The summed E-state index contributed by atoms with van der Waals surface area (Å²) < 4.78 is 5.30. The van der Waals surface area contributed by atoms with Gasteiger partial charge in [0.2, 0.25) is 5.91 Å². The number of benzene rings is 1. The van der Waals surface area contributed by atoms with Crippen LogP contribution in [0.2, 0.25) is 0 Å². The van der Waals surface area contributed by atoms with Gasteiger partial charge in [-0.25, -0.2) is 0 Å². The van der Waals surface area contributed by atoms with E-state index in [9.17, 15) is 4.79 Å². The quantitative estimate of drug-likeness (QED) is 0.885. The number of carbonyl (C=O) groups excluding carboxylic acids is 1. The van der Waals surface area contributed by atoms with E-state index in [0.717, 1.165) is 22.6 Å². The molecular formula is C13H21ClN2O2. The molecule has 1 aromatic carbocycles. The molecular weight excluding hydrogens is 252 g/mol. The summed E-state index contributed by atoms with van der Waals surface area (Å²) in [7, 11) is 1.63. The number of hydrogen-bond acceptors (Lipinski definition) is 3. The van der Waals surface area contributed by atoms with E-state index in [0.29, 0.717) is 6.42 Å². The van der Waals surface area contributed by atoms with Crippen LogP contribution in [0.3, 0.4) is 0 Å². The van der Waals surface area contributed by atoms with Gasteiger partial charge in [0, 0.05) is 23.7 Å². The fourth-order valence-corrected chi connectivity index (χ4v) is 1.77. The number of carbonyl (C=O) groups is 1. The third kappa shape index (κ3) is 4.20. The third-order valence-corrected chi connectivity index (χ3v) is 2.59. The summed E-state index contributed by atoms with van der Waals surface area (Å²) in [6.45, 7) is 5.70. The maximum atomic E-state index is 11.6. The highest BCUT2D eigenvalue weighted by Crippen LogP contribution is 2.29. The molecule has 1 amide bonds. The largest absolute Gasteiger partial charge is 0.496 e. The predicted octanol–water partition coefficient (Wildman–Crippen LogP) is 2.41. The first kappa shape index (κ1) is 16.7. The van der Waals surface area contributed by atoms with Crippen molar-refractivity contribution in [2.45, 2.75) is 33.2 Å². The Morgan fingerprint density at radius 2 is 2.06 bits per heavy atom. The van der Waals surface area contributed by atoms with Crippen molar-refractivity contribution in [1.29, 1.82) is 0 Å². The number of anilines is 1. The lowest BCUT2D eigenvalue weighted by Gasteiger charge is -2.14. The van der Waals surface area contributed by atoms with Crippen LogP contribution in [0.4, 0.5) is 5.69 Å². The maximum absolute atomic E-state index is 11.6. The molecule has 18 heavy (non-hydrogen) atoms. The Bertz CT molecular complexity index is 420. The second-order valence-corrected chi connectivity index (χ2v) is 4.32. The van der Waals surface area contributed by atoms with E-state index in [2.05, 4.69) is 5.32 Å². The van der Waals surface area contributed by atoms with Crippen molar-refractivity contribution in [2.75, 3.05) is 12.4 Å². The van der Waals surface area contributed by atoms with Crippen LogP contribution in [0.15, 0.2) is 12.1 Å². The van der Waals surface area contributed by atoms with Gasteiger partial charge < -0.3 is 15.8 Å². The molecule has 0 aliphatic heterocycles.